The Hall–Kier alpha value is -1.56. The fourth-order valence-electron chi connectivity index (χ4n) is 1.82. The Labute approximate surface area is 110 Å². The largest absolute Gasteiger partial charge is 0.406 e. The number of aromatic nitrogens is 3. The zero-order valence-electron chi connectivity index (χ0n) is 10.7. The van der Waals surface area contributed by atoms with E-state index in [0.29, 0.717) is 11.9 Å². The van der Waals surface area contributed by atoms with Gasteiger partial charge in [0.15, 0.2) is 0 Å². The molecule has 0 amide bonds. The molecule has 0 fully saturated rings. The Balaban J connectivity index is 2.13. The summed E-state index contributed by atoms with van der Waals surface area (Å²) in [7, 11) is 0. The molecule has 0 aliphatic rings. The predicted molar refractivity (Wildman–Crippen MR) is 66.6 cm³/mol. The van der Waals surface area contributed by atoms with E-state index in [1.807, 2.05) is 20.8 Å². The molecule has 1 N–H and O–H groups in total. The minimum atomic E-state index is -0.303. The second kappa shape index (κ2) is 4.97. The molecule has 0 aliphatic carbocycles. The van der Waals surface area contributed by atoms with Crippen LogP contribution in [-0.2, 0) is 0 Å². The number of halogens is 1. The van der Waals surface area contributed by atoms with Gasteiger partial charge in [-0.05, 0) is 27.7 Å². The van der Waals surface area contributed by atoms with Gasteiger partial charge >= 0.3 is 6.01 Å². The van der Waals surface area contributed by atoms with Crippen LogP contribution in [0.15, 0.2) is 8.94 Å². The lowest BCUT2D eigenvalue weighted by Crippen LogP contribution is -2.08. The Bertz CT molecular complexity index is 515. The van der Waals surface area contributed by atoms with Gasteiger partial charge in [-0.1, -0.05) is 10.3 Å². The molecule has 0 saturated heterocycles. The van der Waals surface area contributed by atoms with Crippen LogP contribution in [-0.4, -0.2) is 15.4 Å². The SMILES string of the molecule is Cc1noc(C)c1C(C)Nc1nnc(C(C)Cl)o1. The van der Waals surface area contributed by atoms with Crippen molar-refractivity contribution in [3.63, 3.8) is 0 Å². The molecule has 98 valence electrons. The Morgan fingerprint density at radius 2 is 1.94 bits per heavy atom. The molecule has 7 heteroatoms. The highest BCUT2D eigenvalue weighted by Gasteiger charge is 2.19. The first kappa shape index (κ1) is 12.9. The van der Waals surface area contributed by atoms with Gasteiger partial charge in [-0.15, -0.1) is 16.7 Å². The third-order valence-electron chi connectivity index (χ3n) is 2.64. The van der Waals surface area contributed by atoms with Crippen molar-refractivity contribution in [2.24, 2.45) is 0 Å². The quantitative estimate of drug-likeness (QED) is 0.860. The number of hydrogen-bond donors (Lipinski definition) is 1. The minimum absolute atomic E-state index is 0.0322. The normalized spacial score (nSPS) is 14.5. The van der Waals surface area contributed by atoms with Gasteiger partial charge in [0.25, 0.3) is 0 Å². The topological polar surface area (TPSA) is 77.0 Å². The molecule has 2 aromatic heterocycles. The maximum atomic E-state index is 5.85. The van der Waals surface area contributed by atoms with Crippen molar-refractivity contribution in [3.05, 3.63) is 22.9 Å². The van der Waals surface area contributed by atoms with E-state index in [2.05, 4.69) is 20.7 Å². The minimum Gasteiger partial charge on any atom is -0.406 e. The highest BCUT2D eigenvalue weighted by molar-refractivity contribution is 6.20. The summed E-state index contributed by atoms with van der Waals surface area (Å²) >= 11 is 5.85. The number of nitrogens with one attached hydrogen (secondary N) is 1. The van der Waals surface area contributed by atoms with Crippen LogP contribution >= 0.6 is 11.6 Å². The molecule has 2 atom stereocenters. The van der Waals surface area contributed by atoms with Crippen molar-refractivity contribution in [3.8, 4) is 0 Å². The molecule has 2 rings (SSSR count). The lowest BCUT2D eigenvalue weighted by atomic mass is 10.1. The summed E-state index contributed by atoms with van der Waals surface area (Å²) < 4.78 is 10.5. The molecular weight excluding hydrogens is 256 g/mol. The summed E-state index contributed by atoms with van der Waals surface area (Å²) in [4.78, 5) is 0. The van der Waals surface area contributed by atoms with Gasteiger partial charge in [-0.3, -0.25) is 0 Å². The average Bonchev–Trinajstić information content (AvgIpc) is 2.86. The average molecular weight is 271 g/mol. The molecule has 0 radical (unpaired) electrons. The van der Waals surface area contributed by atoms with Crippen LogP contribution in [0.4, 0.5) is 6.01 Å². The van der Waals surface area contributed by atoms with Crippen LogP contribution in [0.2, 0.25) is 0 Å². The van der Waals surface area contributed by atoms with Crippen molar-refractivity contribution in [2.45, 2.75) is 39.1 Å². The predicted octanol–water partition coefficient (Wildman–Crippen LogP) is 3.15. The standard InChI is InChI=1S/C11H15ClN4O2/c1-5(12)10-14-15-11(17-10)13-6(2)9-7(3)16-18-8(9)4/h5-6H,1-4H3,(H,13,15). The first-order valence-corrected chi connectivity index (χ1v) is 6.09. The van der Waals surface area contributed by atoms with Crippen LogP contribution in [0.1, 0.15) is 48.2 Å². The van der Waals surface area contributed by atoms with Gasteiger partial charge in [0.1, 0.15) is 11.1 Å². The van der Waals surface area contributed by atoms with E-state index in [-0.39, 0.29) is 11.4 Å². The third kappa shape index (κ3) is 2.48. The molecule has 18 heavy (non-hydrogen) atoms. The summed E-state index contributed by atoms with van der Waals surface area (Å²) in [5.74, 6) is 1.17. The Kier molecular flexibility index (Phi) is 3.56. The van der Waals surface area contributed by atoms with E-state index in [9.17, 15) is 0 Å². The number of rotatable bonds is 4. The lowest BCUT2D eigenvalue weighted by molar-refractivity contribution is 0.391. The molecule has 2 heterocycles. The number of anilines is 1. The van der Waals surface area contributed by atoms with E-state index in [1.165, 1.54) is 0 Å². The number of alkyl halides is 1. The highest BCUT2D eigenvalue weighted by atomic mass is 35.5. The van der Waals surface area contributed by atoms with Crippen molar-refractivity contribution in [2.75, 3.05) is 5.32 Å². The zero-order valence-corrected chi connectivity index (χ0v) is 11.4. The van der Waals surface area contributed by atoms with Crippen molar-refractivity contribution in [1.29, 1.82) is 0 Å². The summed E-state index contributed by atoms with van der Waals surface area (Å²) in [5.41, 5.74) is 1.84. The van der Waals surface area contributed by atoms with E-state index in [1.54, 1.807) is 6.92 Å². The Morgan fingerprint density at radius 1 is 1.22 bits per heavy atom. The van der Waals surface area contributed by atoms with Crippen molar-refractivity contribution < 1.29 is 8.94 Å². The second-order valence-electron chi connectivity index (χ2n) is 4.17. The van der Waals surface area contributed by atoms with Crippen molar-refractivity contribution >= 4 is 17.6 Å². The van der Waals surface area contributed by atoms with Crippen LogP contribution < -0.4 is 5.32 Å². The zero-order chi connectivity index (χ0) is 13.3. The maximum absolute atomic E-state index is 5.85. The molecule has 0 aliphatic heterocycles. The van der Waals surface area contributed by atoms with Gasteiger partial charge in [0.05, 0.1) is 11.7 Å². The van der Waals surface area contributed by atoms with Gasteiger partial charge < -0.3 is 14.3 Å². The fraction of sp³-hybridized carbons (Fsp3) is 0.545. The maximum Gasteiger partial charge on any atom is 0.315 e. The van der Waals surface area contributed by atoms with Gasteiger partial charge in [-0.2, -0.15) is 0 Å². The smallest absolute Gasteiger partial charge is 0.315 e. The third-order valence-corrected chi connectivity index (χ3v) is 2.83. The molecule has 0 spiro atoms. The van der Waals surface area contributed by atoms with Crippen molar-refractivity contribution in [1.82, 2.24) is 15.4 Å². The molecule has 0 saturated carbocycles. The lowest BCUT2D eigenvalue weighted by Gasteiger charge is -2.10. The molecular formula is C11H15ClN4O2. The Morgan fingerprint density at radius 3 is 2.44 bits per heavy atom. The molecule has 0 aromatic carbocycles. The molecule has 2 unspecified atom stereocenters. The van der Waals surface area contributed by atoms with E-state index in [4.69, 9.17) is 20.5 Å². The first-order chi connectivity index (χ1) is 8.49. The van der Waals surface area contributed by atoms with Crippen LogP contribution in [0, 0.1) is 13.8 Å². The molecule has 0 bridgehead atoms. The van der Waals surface area contributed by atoms with Crippen LogP contribution in [0.25, 0.3) is 0 Å². The summed E-state index contributed by atoms with van der Waals surface area (Å²) in [6.45, 7) is 7.51. The van der Waals surface area contributed by atoms with E-state index in [0.717, 1.165) is 17.0 Å². The van der Waals surface area contributed by atoms with Crippen LogP contribution in [0.5, 0.6) is 0 Å². The second-order valence-corrected chi connectivity index (χ2v) is 4.82. The van der Waals surface area contributed by atoms with Gasteiger partial charge in [0, 0.05) is 5.56 Å². The molecule has 2 aromatic rings. The number of nitrogens with zero attached hydrogens (tertiary/aromatic N) is 3. The van der Waals surface area contributed by atoms with Crippen LogP contribution in [0.3, 0.4) is 0 Å². The summed E-state index contributed by atoms with van der Waals surface area (Å²) in [6, 6.07) is 0.306. The monoisotopic (exact) mass is 270 g/mol. The summed E-state index contributed by atoms with van der Waals surface area (Å²) in [6.07, 6.45) is 0. The summed E-state index contributed by atoms with van der Waals surface area (Å²) in [5, 5.41) is 14.4. The number of hydrogen-bond acceptors (Lipinski definition) is 6. The van der Waals surface area contributed by atoms with E-state index >= 15 is 0 Å². The molecule has 6 nitrogen and oxygen atoms in total. The fourth-order valence-corrected chi connectivity index (χ4v) is 1.91. The highest BCUT2D eigenvalue weighted by Crippen LogP contribution is 2.26. The number of aryl methyl sites for hydroxylation is 2. The van der Waals surface area contributed by atoms with Gasteiger partial charge in [-0.25, -0.2) is 0 Å². The first-order valence-electron chi connectivity index (χ1n) is 5.65. The van der Waals surface area contributed by atoms with Gasteiger partial charge in [0.2, 0.25) is 5.89 Å². The van der Waals surface area contributed by atoms with E-state index < -0.39 is 0 Å².